The molecule has 1 aliphatic heterocycles. The van der Waals surface area contributed by atoms with Crippen LogP contribution < -0.4 is 11.1 Å². The van der Waals surface area contributed by atoms with E-state index in [0.29, 0.717) is 10.2 Å². The molecule has 0 bridgehead atoms. The van der Waals surface area contributed by atoms with Gasteiger partial charge in [0, 0.05) is 29.1 Å². The maximum Gasteiger partial charge on any atom is 0.230 e. The van der Waals surface area contributed by atoms with Crippen molar-refractivity contribution in [1.82, 2.24) is 5.32 Å². The third-order valence-corrected chi connectivity index (χ3v) is 5.74. The number of rotatable bonds is 5. The van der Waals surface area contributed by atoms with Crippen molar-refractivity contribution >= 4 is 46.6 Å². The predicted molar refractivity (Wildman–Crippen MR) is 81.7 cm³/mol. The molecule has 6 heteroatoms. The SMILES string of the molecule is CC(C)C(C(=O)NCC1CSCCS1)C(N)=S. The van der Waals surface area contributed by atoms with Crippen LogP contribution in [0.15, 0.2) is 0 Å². The van der Waals surface area contributed by atoms with Crippen LogP contribution in [0.2, 0.25) is 0 Å². The predicted octanol–water partition coefficient (Wildman–Crippen LogP) is 1.51. The zero-order chi connectivity index (χ0) is 12.8. The smallest absolute Gasteiger partial charge is 0.230 e. The molecule has 0 saturated carbocycles. The van der Waals surface area contributed by atoms with E-state index in [-0.39, 0.29) is 17.7 Å². The summed E-state index contributed by atoms with van der Waals surface area (Å²) < 4.78 is 0. The summed E-state index contributed by atoms with van der Waals surface area (Å²) in [5.74, 6) is 3.30. The summed E-state index contributed by atoms with van der Waals surface area (Å²) in [6.07, 6.45) is 0. The van der Waals surface area contributed by atoms with Gasteiger partial charge in [0.2, 0.25) is 5.91 Å². The number of carbonyl (C=O) groups is 1. The average molecular weight is 292 g/mol. The lowest BCUT2D eigenvalue weighted by Gasteiger charge is -2.23. The fourth-order valence-electron chi connectivity index (χ4n) is 1.74. The highest BCUT2D eigenvalue weighted by atomic mass is 32.2. The first-order valence-electron chi connectivity index (χ1n) is 5.78. The Morgan fingerprint density at radius 2 is 2.24 bits per heavy atom. The normalized spacial score (nSPS) is 22.2. The number of hydrogen-bond acceptors (Lipinski definition) is 4. The summed E-state index contributed by atoms with van der Waals surface area (Å²) in [5.41, 5.74) is 5.61. The van der Waals surface area contributed by atoms with Crippen molar-refractivity contribution in [2.24, 2.45) is 17.6 Å². The van der Waals surface area contributed by atoms with Gasteiger partial charge in [0.25, 0.3) is 0 Å². The Morgan fingerprint density at radius 3 is 2.71 bits per heavy atom. The molecule has 0 radical (unpaired) electrons. The highest BCUT2D eigenvalue weighted by Crippen LogP contribution is 2.23. The van der Waals surface area contributed by atoms with E-state index >= 15 is 0 Å². The molecule has 0 aliphatic carbocycles. The second-order valence-corrected chi connectivity index (χ2v) is 7.47. The van der Waals surface area contributed by atoms with Gasteiger partial charge in [-0.3, -0.25) is 4.79 Å². The van der Waals surface area contributed by atoms with E-state index in [4.69, 9.17) is 18.0 Å². The standard InChI is InChI=1S/C11H20N2OS3/c1-7(2)9(10(12)15)11(14)13-5-8-6-16-3-4-17-8/h7-9H,3-6H2,1-2H3,(H2,12,15)(H,13,14). The molecule has 1 saturated heterocycles. The molecule has 2 atom stereocenters. The number of hydrogen-bond donors (Lipinski definition) is 2. The summed E-state index contributed by atoms with van der Waals surface area (Å²) in [5, 5.41) is 3.50. The largest absolute Gasteiger partial charge is 0.393 e. The average Bonchev–Trinajstić information content (AvgIpc) is 2.27. The lowest BCUT2D eigenvalue weighted by atomic mass is 9.95. The summed E-state index contributed by atoms with van der Waals surface area (Å²) >= 11 is 8.83. The minimum Gasteiger partial charge on any atom is -0.393 e. The van der Waals surface area contributed by atoms with Crippen molar-refractivity contribution in [2.45, 2.75) is 19.1 Å². The highest BCUT2D eigenvalue weighted by molar-refractivity contribution is 8.06. The van der Waals surface area contributed by atoms with Crippen LogP contribution in [0.1, 0.15) is 13.8 Å². The fraction of sp³-hybridized carbons (Fsp3) is 0.818. The monoisotopic (exact) mass is 292 g/mol. The molecule has 1 heterocycles. The molecule has 1 amide bonds. The molecular formula is C11H20N2OS3. The Balaban J connectivity index is 2.38. The van der Waals surface area contributed by atoms with Gasteiger partial charge in [-0.2, -0.15) is 23.5 Å². The lowest BCUT2D eigenvalue weighted by Crippen LogP contribution is -2.43. The molecule has 3 N–H and O–H groups in total. The molecule has 0 aromatic heterocycles. The van der Waals surface area contributed by atoms with Crippen molar-refractivity contribution in [3.8, 4) is 0 Å². The topological polar surface area (TPSA) is 55.1 Å². The maximum absolute atomic E-state index is 12.0. The Bertz CT molecular complexity index is 278. The number of nitrogens with one attached hydrogen (secondary N) is 1. The van der Waals surface area contributed by atoms with Gasteiger partial charge in [0.15, 0.2) is 0 Å². The summed E-state index contributed by atoms with van der Waals surface area (Å²) in [6.45, 7) is 4.66. The van der Waals surface area contributed by atoms with Crippen molar-refractivity contribution < 1.29 is 4.79 Å². The van der Waals surface area contributed by atoms with Crippen LogP contribution >= 0.6 is 35.7 Å². The Labute approximate surface area is 117 Å². The van der Waals surface area contributed by atoms with Gasteiger partial charge in [0.1, 0.15) is 0 Å². The van der Waals surface area contributed by atoms with Gasteiger partial charge >= 0.3 is 0 Å². The minimum absolute atomic E-state index is 0.0244. The third-order valence-electron chi connectivity index (χ3n) is 2.64. The van der Waals surface area contributed by atoms with Crippen molar-refractivity contribution in [3.63, 3.8) is 0 Å². The van der Waals surface area contributed by atoms with Gasteiger partial charge in [-0.05, 0) is 5.92 Å². The molecule has 0 aromatic rings. The van der Waals surface area contributed by atoms with E-state index in [0.717, 1.165) is 12.3 Å². The van der Waals surface area contributed by atoms with Crippen molar-refractivity contribution in [3.05, 3.63) is 0 Å². The summed E-state index contributed by atoms with van der Waals surface area (Å²) in [7, 11) is 0. The second kappa shape index (κ2) is 7.48. The first-order valence-corrected chi connectivity index (χ1v) is 8.40. The van der Waals surface area contributed by atoms with E-state index < -0.39 is 0 Å². The van der Waals surface area contributed by atoms with Gasteiger partial charge in [0.05, 0.1) is 10.9 Å². The molecule has 2 unspecified atom stereocenters. The quantitative estimate of drug-likeness (QED) is 0.752. The van der Waals surface area contributed by atoms with Crippen molar-refractivity contribution in [1.29, 1.82) is 0 Å². The van der Waals surface area contributed by atoms with Gasteiger partial charge in [-0.1, -0.05) is 26.1 Å². The number of thioether (sulfide) groups is 2. The van der Waals surface area contributed by atoms with E-state index in [9.17, 15) is 4.79 Å². The van der Waals surface area contributed by atoms with Crippen molar-refractivity contribution in [2.75, 3.05) is 23.8 Å². The van der Waals surface area contributed by atoms with Crippen LogP contribution in [0, 0.1) is 11.8 Å². The fourth-order valence-corrected chi connectivity index (χ4v) is 4.73. The number of amides is 1. The van der Waals surface area contributed by atoms with E-state index in [2.05, 4.69) is 5.32 Å². The molecule has 1 aliphatic rings. The molecule has 0 spiro atoms. The summed E-state index contributed by atoms with van der Waals surface area (Å²) in [6, 6.07) is 0. The van der Waals surface area contributed by atoms with Crippen LogP contribution in [-0.2, 0) is 4.79 Å². The Morgan fingerprint density at radius 1 is 1.53 bits per heavy atom. The Kier molecular flexibility index (Phi) is 6.66. The van der Waals surface area contributed by atoms with Crippen LogP contribution in [0.4, 0.5) is 0 Å². The first-order chi connectivity index (χ1) is 8.02. The van der Waals surface area contributed by atoms with E-state index in [1.54, 1.807) is 0 Å². The highest BCUT2D eigenvalue weighted by Gasteiger charge is 2.25. The van der Waals surface area contributed by atoms with Crippen LogP contribution in [0.25, 0.3) is 0 Å². The Hall–Kier alpha value is 0.0600. The number of carbonyl (C=O) groups excluding carboxylic acids is 1. The summed E-state index contributed by atoms with van der Waals surface area (Å²) in [4.78, 5) is 12.3. The van der Waals surface area contributed by atoms with Gasteiger partial charge in [-0.25, -0.2) is 0 Å². The first kappa shape index (κ1) is 15.1. The molecule has 0 aromatic carbocycles. The van der Waals surface area contributed by atoms with E-state index in [1.165, 1.54) is 11.5 Å². The van der Waals surface area contributed by atoms with Gasteiger partial charge in [-0.15, -0.1) is 0 Å². The maximum atomic E-state index is 12.0. The third kappa shape index (κ3) is 5.06. The van der Waals surface area contributed by atoms with Crippen LogP contribution in [0.5, 0.6) is 0 Å². The van der Waals surface area contributed by atoms with Crippen LogP contribution in [0.3, 0.4) is 0 Å². The number of thiocarbonyl (C=S) groups is 1. The van der Waals surface area contributed by atoms with Crippen LogP contribution in [-0.4, -0.2) is 39.9 Å². The molecule has 98 valence electrons. The molecular weight excluding hydrogens is 272 g/mol. The van der Waals surface area contributed by atoms with E-state index in [1.807, 2.05) is 37.4 Å². The second-order valence-electron chi connectivity index (χ2n) is 4.44. The van der Waals surface area contributed by atoms with Gasteiger partial charge < -0.3 is 11.1 Å². The number of nitrogens with two attached hydrogens (primary N) is 1. The zero-order valence-electron chi connectivity index (χ0n) is 10.3. The molecule has 1 fully saturated rings. The molecule has 1 rings (SSSR count). The molecule has 17 heavy (non-hydrogen) atoms. The lowest BCUT2D eigenvalue weighted by molar-refractivity contribution is -0.123. The minimum atomic E-state index is -0.341. The zero-order valence-corrected chi connectivity index (χ0v) is 12.7. The molecule has 3 nitrogen and oxygen atoms in total.